The Morgan fingerprint density at radius 1 is 1.43 bits per heavy atom. The zero-order valence-electron chi connectivity index (χ0n) is 13.7. The Kier molecular flexibility index (Phi) is 7.15. The fraction of sp³-hybridized carbons (Fsp3) is 0.588. The molecule has 1 saturated heterocycles. The molecule has 0 unspecified atom stereocenters. The molecule has 0 aliphatic carbocycles. The number of urea groups is 1. The SMILES string of the molecule is CN(Cc1ccccc1Cl)C(=O)NCCN1CCCC[C@H]1CO. The summed E-state index contributed by atoms with van der Waals surface area (Å²) in [6.45, 7) is 3.03. The number of carbonyl (C=O) groups excluding carboxylic acids is 1. The van der Waals surface area contributed by atoms with E-state index >= 15 is 0 Å². The van der Waals surface area contributed by atoms with Crippen molar-refractivity contribution in [1.82, 2.24) is 15.1 Å². The van der Waals surface area contributed by atoms with Crippen molar-refractivity contribution >= 4 is 17.6 Å². The molecule has 1 fully saturated rings. The number of hydrogen-bond donors (Lipinski definition) is 2. The minimum atomic E-state index is -0.109. The number of amides is 2. The van der Waals surface area contributed by atoms with Crippen LogP contribution in [-0.2, 0) is 6.54 Å². The third kappa shape index (κ3) is 5.37. The van der Waals surface area contributed by atoms with Crippen LogP contribution >= 0.6 is 11.6 Å². The van der Waals surface area contributed by atoms with E-state index in [0.717, 1.165) is 31.5 Å². The van der Waals surface area contributed by atoms with Gasteiger partial charge in [-0.3, -0.25) is 4.90 Å². The van der Waals surface area contributed by atoms with Crippen LogP contribution in [0, 0.1) is 0 Å². The zero-order chi connectivity index (χ0) is 16.7. The monoisotopic (exact) mass is 339 g/mol. The number of halogens is 1. The first kappa shape index (κ1) is 18.0. The van der Waals surface area contributed by atoms with Crippen molar-refractivity contribution in [2.45, 2.75) is 31.8 Å². The summed E-state index contributed by atoms with van der Waals surface area (Å²) in [4.78, 5) is 16.0. The molecule has 1 atom stereocenters. The van der Waals surface area contributed by atoms with Gasteiger partial charge in [-0.25, -0.2) is 4.79 Å². The molecule has 2 N–H and O–H groups in total. The molecule has 0 aromatic heterocycles. The fourth-order valence-electron chi connectivity index (χ4n) is 2.96. The van der Waals surface area contributed by atoms with Crippen LogP contribution in [0.25, 0.3) is 0 Å². The van der Waals surface area contributed by atoms with Gasteiger partial charge in [0.1, 0.15) is 0 Å². The second kappa shape index (κ2) is 9.11. The Labute approximate surface area is 143 Å². The number of nitrogens with one attached hydrogen (secondary N) is 1. The van der Waals surface area contributed by atoms with E-state index in [-0.39, 0.29) is 18.7 Å². The van der Waals surface area contributed by atoms with Crippen LogP contribution in [-0.4, -0.2) is 60.3 Å². The first-order chi connectivity index (χ1) is 11.1. The van der Waals surface area contributed by atoms with Crippen molar-refractivity contribution in [3.8, 4) is 0 Å². The minimum absolute atomic E-state index is 0.109. The molecule has 128 valence electrons. The molecule has 5 nitrogen and oxygen atoms in total. The lowest BCUT2D eigenvalue weighted by Crippen LogP contribution is -2.47. The minimum Gasteiger partial charge on any atom is -0.395 e. The molecule has 0 radical (unpaired) electrons. The Morgan fingerprint density at radius 2 is 2.22 bits per heavy atom. The van der Waals surface area contributed by atoms with Crippen LogP contribution < -0.4 is 5.32 Å². The second-order valence-corrected chi connectivity index (χ2v) is 6.45. The van der Waals surface area contributed by atoms with E-state index in [1.165, 1.54) is 6.42 Å². The van der Waals surface area contributed by atoms with E-state index in [4.69, 9.17) is 11.6 Å². The van der Waals surface area contributed by atoms with Gasteiger partial charge >= 0.3 is 6.03 Å². The topological polar surface area (TPSA) is 55.8 Å². The van der Waals surface area contributed by atoms with Crippen molar-refractivity contribution in [2.75, 3.05) is 33.3 Å². The number of aliphatic hydroxyl groups is 1. The molecule has 1 aliphatic heterocycles. The summed E-state index contributed by atoms with van der Waals surface area (Å²) in [5.74, 6) is 0. The highest BCUT2D eigenvalue weighted by atomic mass is 35.5. The largest absolute Gasteiger partial charge is 0.395 e. The number of aliphatic hydroxyl groups excluding tert-OH is 1. The number of hydrogen-bond acceptors (Lipinski definition) is 3. The van der Waals surface area contributed by atoms with Gasteiger partial charge in [0.2, 0.25) is 0 Å². The smallest absolute Gasteiger partial charge is 0.317 e. The molecular formula is C17H26ClN3O2. The highest BCUT2D eigenvalue weighted by molar-refractivity contribution is 6.31. The average Bonchev–Trinajstić information content (AvgIpc) is 2.57. The van der Waals surface area contributed by atoms with Gasteiger partial charge in [0, 0.05) is 37.7 Å². The lowest BCUT2D eigenvalue weighted by Gasteiger charge is -2.34. The van der Waals surface area contributed by atoms with E-state index in [1.807, 2.05) is 24.3 Å². The van der Waals surface area contributed by atoms with Gasteiger partial charge in [-0.15, -0.1) is 0 Å². The van der Waals surface area contributed by atoms with E-state index in [1.54, 1.807) is 11.9 Å². The van der Waals surface area contributed by atoms with Crippen molar-refractivity contribution in [1.29, 1.82) is 0 Å². The zero-order valence-corrected chi connectivity index (χ0v) is 14.4. The van der Waals surface area contributed by atoms with E-state index < -0.39 is 0 Å². The van der Waals surface area contributed by atoms with Crippen molar-refractivity contribution < 1.29 is 9.90 Å². The lowest BCUT2D eigenvalue weighted by molar-refractivity contribution is 0.0911. The first-order valence-corrected chi connectivity index (χ1v) is 8.57. The molecule has 23 heavy (non-hydrogen) atoms. The summed E-state index contributed by atoms with van der Waals surface area (Å²) in [6, 6.07) is 7.67. The lowest BCUT2D eigenvalue weighted by atomic mass is 10.0. The van der Waals surface area contributed by atoms with Crippen molar-refractivity contribution in [3.05, 3.63) is 34.9 Å². The van der Waals surface area contributed by atoms with Crippen LogP contribution in [0.1, 0.15) is 24.8 Å². The number of piperidine rings is 1. The van der Waals surface area contributed by atoms with E-state index in [2.05, 4.69) is 10.2 Å². The summed E-state index contributed by atoms with van der Waals surface area (Å²) in [5.41, 5.74) is 0.934. The quantitative estimate of drug-likeness (QED) is 0.836. The number of carbonyl (C=O) groups is 1. The van der Waals surface area contributed by atoms with Gasteiger partial charge < -0.3 is 15.3 Å². The number of likely N-dealkylation sites (tertiary alicyclic amines) is 1. The summed E-state index contributed by atoms with van der Waals surface area (Å²) >= 11 is 6.12. The highest BCUT2D eigenvalue weighted by Crippen LogP contribution is 2.17. The fourth-order valence-corrected chi connectivity index (χ4v) is 3.15. The van der Waals surface area contributed by atoms with Crippen LogP contribution in [0.2, 0.25) is 5.02 Å². The summed E-state index contributed by atoms with van der Waals surface area (Å²) in [6.07, 6.45) is 3.38. The molecule has 0 saturated carbocycles. The number of nitrogens with zero attached hydrogens (tertiary/aromatic N) is 2. The Bertz CT molecular complexity index is 512. The highest BCUT2D eigenvalue weighted by Gasteiger charge is 2.21. The summed E-state index contributed by atoms with van der Waals surface area (Å²) in [5, 5.41) is 13.0. The number of rotatable bonds is 6. The maximum Gasteiger partial charge on any atom is 0.317 e. The number of benzene rings is 1. The van der Waals surface area contributed by atoms with Crippen LogP contribution in [0.4, 0.5) is 4.79 Å². The summed E-state index contributed by atoms with van der Waals surface area (Å²) in [7, 11) is 1.76. The van der Waals surface area contributed by atoms with Gasteiger partial charge in [0.25, 0.3) is 0 Å². The Morgan fingerprint density at radius 3 is 2.96 bits per heavy atom. The van der Waals surface area contributed by atoms with Crippen molar-refractivity contribution in [3.63, 3.8) is 0 Å². The standard InChI is InChI=1S/C17H26ClN3O2/c1-20(12-14-6-2-3-8-16(14)18)17(23)19-9-11-21-10-5-4-7-15(21)13-22/h2-3,6,8,15,22H,4-5,7,9-13H2,1H3,(H,19,23)/t15-/m0/s1. The molecule has 6 heteroatoms. The molecule has 1 aromatic carbocycles. The third-order valence-electron chi connectivity index (χ3n) is 4.35. The molecule has 1 aliphatic rings. The molecule has 2 amide bonds. The average molecular weight is 340 g/mol. The summed E-state index contributed by atoms with van der Waals surface area (Å²) < 4.78 is 0. The predicted molar refractivity (Wildman–Crippen MR) is 92.6 cm³/mol. The van der Waals surface area contributed by atoms with Crippen LogP contribution in [0.15, 0.2) is 24.3 Å². The maximum absolute atomic E-state index is 12.2. The molecule has 1 aromatic rings. The van der Waals surface area contributed by atoms with E-state index in [0.29, 0.717) is 18.1 Å². The Hall–Kier alpha value is -1.30. The van der Waals surface area contributed by atoms with E-state index in [9.17, 15) is 9.90 Å². The van der Waals surface area contributed by atoms with Crippen LogP contribution in [0.5, 0.6) is 0 Å². The third-order valence-corrected chi connectivity index (χ3v) is 4.72. The van der Waals surface area contributed by atoms with Crippen molar-refractivity contribution in [2.24, 2.45) is 0 Å². The predicted octanol–water partition coefficient (Wildman–Crippen LogP) is 2.33. The van der Waals surface area contributed by atoms with Gasteiger partial charge in [0.15, 0.2) is 0 Å². The van der Waals surface area contributed by atoms with Gasteiger partial charge in [-0.1, -0.05) is 36.2 Å². The molecule has 2 rings (SSSR count). The van der Waals surface area contributed by atoms with Gasteiger partial charge in [0.05, 0.1) is 6.61 Å². The Balaban J connectivity index is 1.74. The molecule has 0 spiro atoms. The second-order valence-electron chi connectivity index (χ2n) is 6.05. The first-order valence-electron chi connectivity index (χ1n) is 8.19. The van der Waals surface area contributed by atoms with Gasteiger partial charge in [-0.05, 0) is 31.0 Å². The molecular weight excluding hydrogens is 314 g/mol. The normalized spacial score (nSPS) is 18.7. The maximum atomic E-state index is 12.2. The van der Waals surface area contributed by atoms with Crippen LogP contribution in [0.3, 0.4) is 0 Å². The van der Waals surface area contributed by atoms with Gasteiger partial charge in [-0.2, -0.15) is 0 Å². The molecule has 0 bridgehead atoms. The molecule has 1 heterocycles.